The third-order valence-electron chi connectivity index (χ3n) is 3.61. The molecule has 20 heavy (non-hydrogen) atoms. The number of carbonyl (C=O) groups is 1. The molecular formula is C13H15BrF2N2O2. The fourth-order valence-electron chi connectivity index (χ4n) is 2.48. The maximum absolute atomic E-state index is 14.0. The third kappa shape index (κ3) is 2.93. The molecular weight excluding hydrogens is 334 g/mol. The second-order valence-electron chi connectivity index (χ2n) is 4.84. The standard InChI is InChI=1S/C13H15BrF2N2O2/c14-8-3-1-2-7(11(8)16)6-10-12(17)9(15)4-5-18(10)13(19)20/h1-3,9-10,12H,4-6,17H2,(H,19,20)/t9-,10-,12-/m0/s1. The molecule has 1 fully saturated rings. The lowest BCUT2D eigenvalue weighted by molar-refractivity contribution is 0.0627. The average molecular weight is 349 g/mol. The number of rotatable bonds is 2. The fourth-order valence-corrected chi connectivity index (χ4v) is 2.89. The zero-order valence-corrected chi connectivity index (χ0v) is 12.2. The number of nitrogens with two attached hydrogens (primary N) is 1. The van der Waals surface area contributed by atoms with Crippen molar-refractivity contribution in [3.63, 3.8) is 0 Å². The van der Waals surface area contributed by atoms with Crippen LogP contribution in [0.25, 0.3) is 0 Å². The molecule has 1 heterocycles. The van der Waals surface area contributed by atoms with E-state index in [1.165, 1.54) is 0 Å². The Balaban J connectivity index is 2.27. The minimum atomic E-state index is -1.27. The first-order chi connectivity index (χ1) is 9.41. The van der Waals surface area contributed by atoms with Crippen LogP contribution in [-0.2, 0) is 6.42 Å². The normalized spacial score (nSPS) is 26.6. The number of hydrogen-bond donors (Lipinski definition) is 2. The Kier molecular flexibility index (Phi) is 4.59. The number of amides is 1. The molecule has 0 aromatic heterocycles. The van der Waals surface area contributed by atoms with E-state index in [1.54, 1.807) is 18.2 Å². The van der Waals surface area contributed by atoms with E-state index in [1.807, 2.05) is 0 Å². The van der Waals surface area contributed by atoms with Crippen molar-refractivity contribution < 1.29 is 18.7 Å². The minimum absolute atomic E-state index is 0.0547. The quantitative estimate of drug-likeness (QED) is 0.862. The van der Waals surface area contributed by atoms with Gasteiger partial charge in [0.15, 0.2) is 0 Å². The Morgan fingerprint density at radius 3 is 2.90 bits per heavy atom. The van der Waals surface area contributed by atoms with Gasteiger partial charge in [-0.15, -0.1) is 0 Å². The van der Waals surface area contributed by atoms with Gasteiger partial charge in [0, 0.05) is 6.54 Å². The van der Waals surface area contributed by atoms with Crippen LogP contribution < -0.4 is 5.73 Å². The van der Waals surface area contributed by atoms with Gasteiger partial charge in [0.2, 0.25) is 0 Å². The molecule has 110 valence electrons. The van der Waals surface area contributed by atoms with Crippen LogP contribution in [0.2, 0.25) is 0 Å². The largest absolute Gasteiger partial charge is 0.465 e. The number of carboxylic acid groups (broad SMARTS) is 1. The maximum atomic E-state index is 14.0. The molecule has 3 atom stereocenters. The fraction of sp³-hybridized carbons (Fsp3) is 0.462. The predicted octanol–water partition coefficient (Wildman–Crippen LogP) is 2.55. The van der Waals surface area contributed by atoms with Gasteiger partial charge < -0.3 is 15.7 Å². The lowest BCUT2D eigenvalue weighted by Gasteiger charge is -2.40. The van der Waals surface area contributed by atoms with Crippen LogP contribution in [0.5, 0.6) is 0 Å². The van der Waals surface area contributed by atoms with Crippen LogP contribution in [-0.4, -0.2) is 40.9 Å². The third-order valence-corrected chi connectivity index (χ3v) is 4.23. The van der Waals surface area contributed by atoms with E-state index >= 15 is 0 Å². The number of likely N-dealkylation sites (tertiary alicyclic amines) is 1. The number of halogens is 3. The van der Waals surface area contributed by atoms with Crippen LogP contribution in [0, 0.1) is 5.82 Å². The summed E-state index contributed by atoms with van der Waals surface area (Å²) in [6.07, 6.45) is -2.30. The SMILES string of the molecule is N[C@H]1[C@@H](F)CCN(C(=O)O)[C@H]1Cc1cccc(Br)c1F. The molecule has 0 spiro atoms. The first-order valence-electron chi connectivity index (χ1n) is 6.24. The number of alkyl halides is 1. The molecule has 2 rings (SSSR count). The van der Waals surface area contributed by atoms with E-state index in [9.17, 15) is 13.6 Å². The zero-order valence-electron chi connectivity index (χ0n) is 10.6. The van der Waals surface area contributed by atoms with Gasteiger partial charge in [-0.2, -0.15) is 0 Å². The van der Waals surface area contributed by atoms with E-state index < -0.39 is 30.2 Å². The summed E-state index contributed by atoms with van der Waals surface area (Å²) in [6, 6.07) is 3.04. The highest BCUT2D eigenvalue weighted by Crippen LogP contribution is 2.26. The Morgan fingerprint density at radius 2 is 2.25 bits per heavy atom. The highest BCUT2D eigenvalue weighted by Gasteiger charge is 2.38. The van der Waals surface area contributed by atoms with Crippen molar-refractivity contribution in [2.75, 3.05) is 6.54 Å². The Bertz CT molecular complexity index is 515. The van der Waals surface area contributed by atoms with Gasteiger partial charge >= 0.3 is 6.09 Å². The first kappa shape index (κ1) is 15.2. The van der Waals surface area contributed by atoms with E-state index in [0.717, 1.165) is 4.90 Å². The van der Waals surface area contributed by atoms with E-state index in [0.29, 0.717) is 5.56 Å². The summed E-state index contributed by atoms with van der Waals surface area (Å²) >= 11 is 3.07. The second kappa shape index (κ2) is 6.05. The molecule has 1 aromatic carbocycles. The Hall–Kier alpha value is -1.21. The molecule has 0 radical (unpaired) electrons. The molecule has 3 N–H and O–H groups in total. The van der Waals surface area contributed by atoms with Gasteiger partial charge in [-0.05, 0) is 40.4 Å². The lowest BCUT2D eigenvalue weighted by atomic mass is 9.90. The van der Waals surface area contributed by atoms with Crippen molar-refractivity contribution in [2.24, 2.45) is 5.73 Å². The molecule has 0 unspecified atom stereocenters. The van der Waals surface area contributed by atoms with Crippen molar-refractivity contribution in [3.8, 4) is 0 Å². The Morgan fingerprint density at radius 1 is 1.55 bits per heavy atom. The average Bonchev–Trinajstić information content (AvgIpc) is 2.40. The number of hydrogen-bond acceptors (Lipinski definition) is 2. The van der Waals surface area contributed by atoms with Crippen LogP contribution in [0.4, 0.5) is 13.6 Å². The van der Waals surface area contributed by atoms with Gasteiger partial charge in [-0.3, -0.25) is 0 Å². The molecule has 1 aliphatic rings. The molecule has 1 aromatic rings. The summed E-state index contributed by atoms with van der Waals surface area (Å²) in [4.78, 5) is 12.3. The predicted molar refractivity (Wildman–Crippen MR) is 73.8 cm³/mol. The molecule has 7 heteroatoms. The molecule has 0 aliphatic carbocycles. The van der Waals surface area contributed by atoms with Crippen LogP contribution in [0.15, 0.2) is 22.7 Å². The number of benzene rings is 1. The van der Waals surface area contributed by atoms with Gasteiger partial charge in [0.1, 0.15) is 12.0 Å². The summed E-state index contributed by atoms with van der Waals surface area (Å²) in [5.74, 6) is -0.467. The molecule has 4 nitrogen and oxygen atoms in total. The molecule has 1 aliphatic heterocycles. The monoisotopic (exact) mass is 348 g/mol. The smallest absolute Gasteiger partial charge is 0.407 e. The van der Waals surface area contributed by atoms with Crippen LogP contribution in [0.1, 0.15) is 12.0 Å². The van der Waals surface area contributed by atoms with E-state index in [4.69, 9.17) is 10.8 Å². The minimum Gasteiger partial charge on any atom is -0.465 e. The molecule has 1 amide bonds. The lowest BCUT2D eigenvalue weighted by Crippen LogP contribution is -2.59. The zero-order chi connectivity index (χ0) is 14.9. The van der Waals surface area contributed by atoms with Gasteiger partial charge in [0.05, 0.1) is 16.6 Å². The number of piperidine rings is 1. The summed E-state index contributed by atoms with van der Waals surface area (Å²) in [6.45, 7) is 0.0739. The van der Waals surface area contributed by atoms with Crippen molar-refractivity contribution in [1.29, 1.82) is 0 Å². The summed E-state index contributed by atoms with van der Waals surface area (Å²) in [5, 5.41) is 9.16. The summed E-state index contributed by atoms with van der Waals surface area (Å²) in [5.41, 5.74) is 6.09. The molecule has 1 saturated heterocycles. The van der Waals surface area contributed by atoms with Gasteiger partial charge in [-0.25, -0.2) is 13.6 Å². The first-order valence-corrected chi connectivity index (χ1v) is 7.03. The second-order valence-corrected chi connectivity index (χ2v) is 5.70. The summed E-state index contributed by atoms with van der Waals surface area (Å²) in [7, 11) is 0. The van der Waals surface area contributed by atoms with Crippen molar-refractivity contribution in [3.05, 3.63) is 34.1 Å². The van der Waals surface area contributed by atoms with E-state index in [-0.39, 0.29) is 23.9 Å². The summed E-state index contributed by atoms with van der Waals surface area (Å²) < 4.78 is 28.0. The van der Waals surface area contributed by atoms with Crippen molar-refractivity contribution in [2.45, 2.75) is 31.1 Å². The molecule has 0 bridgehead atoms. The molecule has 0 saturated carbocycles. The van der Waals surface area contributed by atoms with Crippen LogP contribution in [0.3, 0.4) is 0 Å². The van der Waals surface area contributed by atoms with Gasteiger partial charge in [-0.1, -0.05) is 12.1 Å². The van der Waals surface area contributed by atoms with Crippen LogP contribution >= 0.6 is 15.9 Å². The highest BCUT2D eigenvalue weighted by atomic mass is 79.9. The van der Waals surface area contributed by atoms with Gasteiger partial charge in [0.25, 0.3) is 0 Å². The highest BCUT2D eigenvalue weighted by molar-refractivity contribution is 9.10. The van der Waals surface area contributed by atoms with E-state index in [2.05, 4.69) is 15.9 Å². The maximum Gasteiger partial charge on any atom is 0.407 e. The number of nitrogens with zero attached hydrogens (tertiary/aromatic N) is 1. The topological polar surface area (TPSA) is 66.6 Å². The Labute approximate surface area is 123 Å². The van der Waals surface area contributed by atoms with Crippen molar-refractivity contribution >= 4 is 22.0 Å². The van der Waals surface area contributed by atoms with Crippen molar-refractivity contribution in [1.82, 2.24) is 4.90 Å².